The maximum Gasteiger partial charge on any atom is 0.0431 e. The maximum atomic E-state index is 5.80. The van der Waals surface area contributed by atoms with Crippen molar-refractivity contribution in [1.82, 2.24) is 10.2 Å². The van der Waals surface area contributed by atoms with E-state index in [4.69, 9.17) is 23.2 Å². The minimum Gasteiger partial charge on any atom is -0.311 e. The van der Waals surface area contributed by atoms with E-state index in [9.17, 15) is 0 Å². The number of nitrogens with one attached hydrogen (secondary N) is 1. The molecule has 0 bridgehead atoms. The first kappa shape index (κ1) is 11.7. The molecule has 0 aromatic rings. The van der Waals surface area contributed by atoms with Gasteiger partial charge in [0.05, 0.1) is 0 Å². The van der Waals surface area contributed by atoms with Crippen molar-refractivity contribution in [3.05, 3.63) is 10.6 Å². The number of hydrogen-bond acceptors (Lipinski definition) is 2. The van der Waals surface area contributed by atoms with Gasteiger partial charge in [-0.3, -0.25) is 0 Å². The topological polar surface area (TPSA) is 15.3 Å². The molecule has 2 nitrogen and oxygen atoms in total. The van der Waals surface area contributed by atoms with Crippen molar-refractivity contribution in [1.29, 1.82) is 0 Å². The summed E-state index contributed by atoms with van der Waals surface area (Å²) in [5.41, 5.74) is 1.43. The summed E-state index contributed by atoms with van der Waals surface area (Å²) in [6.07, 6.45) is 4.16. The molecule has 2 aliphatic rings. The summed E-state index contributed by atoms with van der Waals surface area (Å²) in [6.45, 7) is 4.31. The van der Waals surface area contributed by atoms with Crippen LogP contribution in [0.3, 0.4) is 0 Å². The highest BCUT2D eigenvalue weighted by molar-refractivity contribution is 6.36. The molecule has 2 rings (SSSR count). The fourth-order valence-electron chi connectivity index (χ4n) is 2.23. The third-order valence-electron chi connectivity index (χ3n) is 3.23. The van der Waals surface area contributed by atoms with Gasteiger partial charge in [-0.15, -0.1) is 0 Å². The zero-order valence-corrected chi connectivity index (χ0v) is 10.4. The number of hydrogen-bond donors (Lipinski definition) is 1. The van der Waals surface area contributed by atoms with Gasteiger partial charge in [0.1, 0.15) is 0 Å². The summed E-state index contributed by atoms with van der Waals surface area (Å²) in [5, 5.41) is 4.04. The quantitative estimate of drug-likeness (QED) is 0.804. The predicted octanol–water partition coefficient (Wildman–Crippen LogP) is 2.38. The lowest BCUT2D eigenvalue weighted by Crippen LogP contribution is -2.28. The van der Waals surface area contributed by atoms with Crippen LogP contribution >= 0.6 is 23.2 Å². The summed E-state index contributed by atoms with van der Waals surface area (Å²) in [4.78, 5) is 2.63. The SMILES string of the molecule is ClC=C(Cl)CNCC1CCN(C2CC2)C1. The lowest BCUT2D eigenvalue weighted by atomic mass is 10.1. The Morgan fingerprint density at radius 3 is 2.87 bits per heavy atom. The van der Waals surface area contributed by atoms with Gasteiger partial charge in [0.2, 0.25) is 0 Å². The van der Waals surface area contributed by atoms with Gasteiger partial charge in [0.25, 0.3) is 0 Å². The average molecular weight is 249 g/mol. The number of halogens is 2. The largest absolute Gasteiger partial charge is 0.311 e. The Kier molecular flexibility index (Phi) is 4.32. The van der Waals surface area contributed by atoms with Crippen LogP contribution in [0.5, 0.6) is 0 Å². The van der Waals surface area contributed by atoms with Crippen molar-refractivity contribution < 1.29 is 0 Å². The zero-order valence-electron chi connectivity index (χ0n) is 8.88. The van der Waals surface area contributed by atoms with Gasteiger partial charge in [-0.1, -0.05) is 23.2 Å². The Morgan fingerprint density at radius 1 is 1.40 bits per heavy atom. The van der Waals surface area contributed by atoms with Crippen LogP contribution < -0.4 is 5.32 Å². The lowest BCUT2D eigenvalue weighted by Gasteiger charge is -2.14. The first-order chi connectivity index (χ1) is 7.29. The molecule has 0 aromatic carbocycles. The fraction of sp³-hybridized carbons (Fsp3) is 0.818. The maximum absolute atomic E-state index is 5.80. The summed E-state index contributed by atoms with van der Waals surface area (Å²) in [5.74, 6) is 0.797. The standard InChI is InChI=1S/C11H18Cl2N2/c12-5-10(13)7-14-6-9-3-4-15(8-9)11-1-2-11/h5,9,11,14H,1-4,6-8H2. The molecule has 1 saturated carbocycles. The van der Waals surface area contributed by atoms with E-state index in [0.29, 0.717) is 11.6 Å². The summed E-state index contributed by atoms with van der Waals surface area (Å²) < 4.78 is 0. The first-order valence-electron chi connectivity index (χ1n) is 5.69. The van der Waals surface area contributed by atoms with E-state index in [1.165, 1.54) is 37.9 Å². The summed E-state index contributed by atoms with van der Waals surface area (Å²) >= 11 is 11.3. The zero-order chi connectivity index (χ0) is 10.7. The van der Waals surface area contributed by atoms with Crippen LogP contribution in [0.4, 0.5) is 0 Å². The second-order valence-electron chi connectivity index (χ2n) is 4.57. The van der Waals surface area contributed by atoms with Crippen LogP contribution in [0.2, 0.25) is 0 Å². The molecule has 0 amide bonds. The summed E-state index contributed by atoms with van der Waals surface area (Å²) in [6, 6.07) is 0.918. The Labute approximate surface area is 102 Å². The van der Waals surface area contributed by atoms with E-state index in [1.807, 2.05) is 0 Å². The Hall–Kier alpha value is 0.240. The molecule has 1 aliphatic carbocycles. The highest BCUT2D eigenvalue weighted by Crippen LogP contribution is 2.31. The number of likely N-dealkylation sites (tertiary alicyclic amines) is 1. The minimum absolute atomic E-state index is 0.689. The predicted molar refractivity (Wildman–Crippen MR) is 65.4 cm³/mol. The average Bonchev–Trinajstić information content (AvgIpc) is 2.99. The molecule has 0 radical (unpaired) electrons. The molecule has 1 aliphatic heterocycles. The van der Waals surface area contributed by atoms with E-state index in [2.05, 4.69) is 10.2 Å². The molecule has 1 atom stereocenters. The smallest absolute Gasteiger partial charge is 0.0431 e. The van der Waals surface area contributed by atoms with Gasteiger partial charge in [0, 0.05) is 29.7 Å². The molecular formula is C11H18Cl2N2. The Morgan fingerprint density at radius 2 is 2.20 bits per heavy atom. The molecule has 1 heterocycles. The molecule has 2 fully saturated rings. The van der Waals surface area contributed by atoms with Crippen LogP contribution in [0.25, 0.3) is 0 Å². The van der Waals surface area contributed by atoms with Gasteiger partial charge in [0.15, 0.2) is 0 Å². The van der Waals surface area contributed by atoms with Crippen molar-refractivity contribution in [3.63, 3.8) is 0 Å². The van der Waals surface area contributed by atoms with Gasteiger partial charge < -0.3 is 10.2 Å². The van der Waals surface area contributed by atoms with E-state index in [-0.39, 0.29) is 0 Å². The molecule has 1 unspecified atom stereocenters. The molecule has 1 N–H and O–H groups in total. The second kappa shape index (κ2) is 5.53. The van der Waals surface area contributed by atoms with E-state index >= 15 is 0 Å². The second-order valence-corrected chi connectivity index (χ2v) is 5.27. The van der Waals surface area contributed by atoms with Gasteiger partial charge >= 0.3 is 0 Å². The Bertz CT molecular complexity index is 239. The van der Waals surface area contributed by atoms with Crippen LogP contribution in [0.1, 0.15) is 19.3 Å². The van der Waals surface area contributed by atoms with Crippen LogP contribution in [-0.2, 0) is 0 Å². The van der Waals surface area contributed by atoms with E-state index in [0.717, 1.165) is 18.5 Å². The highest BCUT2D eigenvalue weighted by Gasteiger charge is 2.33. The van der Waals surface area contributed by atoms with Gasteiger partial charge in [-0.25, -0.2) is 0 Å². The monoisotopic (exact) mass is 248 g/mol. The third kappa shape index (κ3) is 3.63. The van der Waals surface area contributed by atoms with E-state index < -0.39 is 0 Å². The highest BCUT2D eigenvalue weighted by atomic mass is 35.5. The van der Waals surface area contributed by atoms with Crippen LogP contribution in [-0.4, -0.2) is 37.1 Å². The molecule has 15 heavy (non-hydrogen) atoms. The summed E-state index contributed by atoms with van der Waals surface area (Å²) in [7, 11) is 0. The molecule has 1 saturated heterocycles. The van der Waals surface area contributed by atoms with Gasteiger partial charge in [-0.2, -0.15) is 0 Å². The fourth-order valence-corrected chi connectivity index (χ4v) is 2.41. The molecule has 0 spiro atoms. The van der Waals surface area contributed by atoms with Crippen molar-refractivity contribution in [2.45, 2.75) is 25.3 Å². The van der Waals surface area contributed by atoms with Crippen molar-refractivity contribution in [3.8, 4) is 0 Å². The Balaban J connectivity index is 1.60. The minimum atomic E-state index is 0.689. The van der Waals surface area contributed by atoms with Crippen molar-refractivity contribution in [2.75, 3.05) is 26.2 Å². The molecule has 0 aromatic heterocycles. The number of nitrogens with zero attached hydrogens (tertiary/aromatic N) is 1. The van der Waals surface area contributed by atoms with Crippen LogP contribution in [0.15, 0.2) is 10.6 Å². The lowest BCUT2D eigenvalue weighted by molar-refractivity contribution is 0.312. The normalized spacial score (nSPS) is 28.7. The van der Waals surface area contributed by atoms with Crippen molar-refractivity contribution >= 4 is 23.2 Å². The van der Waals surface area contributed by atoms with E-state index in [1.54, 1.807) is 0 Å². The molecular weight excluding hydrogens is 231 g/mol. The van der Waals surface area contributed by atoms with Gasteiger partial charge in [-0.05, 0) is 38.3 Å². The van der Waals surface area contributed by atoms with Crippen molar-refractivity contribution in [2.24, 2.45) is 5.92 Å². The van der Waals surface area contributed by atoms with Crippen LogP contribution in [0, 0.1) is 5.92 Å². The first-order valence-corrected chi connectivity index (χ1v) is 6.50. The molecule has 4 heteroatoms. The number of rotatable bonds is 5. The third-order valence-corrected chi connectivity index (χ3v) is 3.84. The molecule has 86 valence electrons.